The molecule has 1 heterocycles. The van der Waals surface area contributed by atoms with Crippen molar-refractivity contribution >= 4 is 35.8 Å². The molecule has 0 atom stereocenters. The summed E-state index contributed by atoms with van der Waals surface area (Å²) in [6.07, 6.45) is 2.58. The number of nitrogens with one attached hydrogen (secondary N) is 2. The smallest absolute Gasteiger partial charge is 0.222 e. The van der Waals surface area contributed by atoms with Gasteiger partial charge in [-0.1, -0.05) is 24.3 Å². The molecular weight excluding hydrogens is 431 g/mol. The van der Waals surface area contributed by atoms with Crippen LogP contribution in [0, 0.1) is 0 Å². The molecule has 2 N–H and O–H groups in total. The number of hydrogen-bond donors (Lipinski definition) is 2. The Morgan fingerprint density at radius 3 is 2.68 bits per heavy atom. The number of benzene rings is 1. The van der Waals surface area contributed by atoms with Gasteiger partial charge in [0.2, 0.25) is 5.91 Å². The Balaban J connectivity index is 0.00000312. The highest BCUT2D eigenvalue weighted by atomic mass is 127. The van der Waals surface area contributed by atoms with Crippen molar-refractivity contribution in [3.63, 3.8) is 0 Å². The molecule has 1 saturated heterocycles. The van der Waals surface area contributed by atoms with E-state index < -0.39 is 0 Å². The zero-order valence-electron chi connectivity index (χ0n) is 15.1. The number of likely N-dealkylation sites (tertiary alicyclic amines) is 1. The average Bonchev–Trinajstić information content (AvgIpc) is 3.00. The summed E-state index contributed by atoms with van der Waals surface area (Å²) in [5, 5.41) is 6.60. The quantitative estimate of drug-likeness (QED) is 0.270. The van der Waals surface area contributed by atoms with Crippen LogP contribution >= 0.6 is 24.0 Å². The van der Waals surface area contributed by atoms with Gasteiger partial charge >= 0.3 is 0 Å². The van der Waals surface area contributed by atoms with Crippen molar-refractivity contribution in [1.82, 2.24) is 15.5 Å². The standard InChI is InChI=1S/C18H28N4O2.HI/c1-19-18(20-10-6-12-24-2)21-13-15-7-3-4-8-16(15)14-22-11-5-9-17(22)23;/h3-4,7-8H,5-6,9-14H2,1-2H3,(H2,19,20,21);1H. The number of amides is 1. The van der Waals surface area contributed by atoms with E-state index in [1.807, 2.05) is 17.0 Å². The fourth-order valence-corrected chi connectivity index (χ4v) is 2.78. The van der Waals surface area contributed by atoms with Gasteiger partial charge in [-0.05, 0) is 24.0 Å². The Kier molecular flexibility index (Phi) is 10.5. The second kappa shape index (κ2) is 12.1. The van der Waals surface area contributed by atoms with Crippen LogP contribution in [0.25, 0.3) is 0 Å². The Labute approximate surface area is 167 Å². The number of carbonyl (C=O) groups excluding carboxylic acids is 1. The highest BCUT2D eigenvalue weighted by Crippen LogP contribution is 2.17. The van der Waals surface area contributed by atoms with Crippen LogP contribution in [0.15, 0.2) is 29.3 Å². The highest BCUT2D eigenvalue weighted by Gasteiger charge is 2.20. The molecule has 2 rings (SSSR count). The number of rotatable bonds is 8. The van der Waals surface area contributed by atoms with Crippen molar-refractivity contribution in [3.8, 4) is 0 Å². The van der Waals surface area contributed by atoms with E-state index in [0.29, 0.717) is 19.5 Å². The summed E-state index contributed by atoms with van der Waals surface area (Å²) in [7, 11) is 3.47. The first-order valence-electron chi connectivity index (χ1n) is 8.52. The van der Waals surface area contributed by atoms with E-state index in [1.54, 1.807) is 14.2 Å². The first kappa shape index (κ1) is 21.7. The summed E-state index contributed by atoms with van der Waals surface area (Å²) in [5.41, 5.74) is 2.38. The number of aliphatic imine (C=N–C) groups is 1. The van der Waals surface area contributed by atoms with Crippen molar-refractivity contribution < 1.29 is 9.53 Å². The highest BCUT2D eigenvalue weighted by molar-refractivity contribution is 14.0. The van der Waals surface area contributed by atoms with Crippen molar-refractivity contribution in [2.75, 3.05) is 33.9 Å². The van der Waals surface area contributed by atoms with E-state index in [4.69, 9.17) is 4.74 Å². The van der Waals surface area contributed by atoms with Gasteiger partial charge in [0.1, 0.15) is 0 Å². The third-order valence-corrected chi connectivity index (χ3v) is 4.14. The number of methoxy groups -OCH3 is 1. The zero-order valence-corrected chi connectivity index (χ0v) is 17.4. The first-order valence-corrected chi connectivity index (χ1v) is 8.52. The van der Waals surface area contributed by atoms with Crippen LogP contribution in [0.5, 0.6) is 0 Å². The van der Waals surface area contributed by atoms with Crippen LogP contribution < -0.4 is 10.6 Å². The molecule has 0 spiro atoms. The number of ether oxygens (including phenoxy) is 1. The molecule has 0 saturated carbocycles. The monoisotopic (exact) mass is 460 g/mol. The maximum absolute atomic E-state index is 11.8. The molecule has 1 amide bonds. The van der Waals surface area contributed by atoms with E-state index in [9.17, 15) is 4.79 Å². The van der Waals surface area contributed by atoms with Gasteiger partial charge in [-0.2, -0.15) is 0 Å². The number of carbonyl (C=O) groups is 1. The van der Waals surface area contributed by atoms with E-state index in [1.165, 1.54) is 11.1 Å². The van der Waals surface area contributed by atoms with Crippen LogP contribution in [0.2, 0.25) is 0 Å². The largest absolute Gasteiger partial charge is 0.385 e. The van der Waals surface area contributed by atoms with Crippen LogP contribution in [0.1, 0.15) is 30.4 Å². The molecule has 7 heteroatoms. The molecule has 1 aromatic rings. The van der Waals surface area contributed by atoms with Crippen molar-refractivity contribution in [2.24, 2.45) is 4.99 Å². The minimum absolute atomic E-state index is 0. The Morgan fingerprint density at radius 1 is 1.28 bits per heavy atom. The van der Waals surface area contributed by atoms with Gasteiger partial charge in [0.15, 0.2) is 5.96 Å². The minimum Gasteiger partial charge on any atom is -0.385 e. The Bertz CT molecular complexity index is 566. The zero-order chi connectivity index (χ0) is 17.2. The summed E-state index contributed by atoms with van der Waals surface area (Å²) < 4.78 is 5.04. The van der Waals surface area contributed by atoms with Gasteiger partial charge in [0.25, 0.3) is 0 Å². The summed E-state index contributed by atoms with van der Waals surface area (Å²) in [4.78, 5) is 18.0. The average molecular weight is 460 g/mol. The third kappa shape index (κ3) is 7.19. The molecule has 0 aromatic heterocycles. The van der Waals surface area contributed by atoms with E-state index >= 15 is 0 Å². The van der Waals surface area contributed by atoms with Crippen LogP contribution in [0.4, 0.5) is 0 Å². The summed E-state index contributed by atoms with van der Waals surface area (Å²) in [6.45, 7) is 3.79. The summed E-state index contributed by atoms with van der Waals surface area (Å²) in [6, 6.07) is 8.25. The fraction of sp³-hybridized carbons (Fsp3) is 0.556. The number of halogens is 1. The number of hydrogen-bond acceptors (Lipinski definition) is 3. The molecule has 6 nitrogen and oxygen atoms in total. The normalized spacial score (nSPS) is 14.4. The van der Waals surface area contributed by atoms with E-state index in [-0.39, 0.29) is 29.9 Å². The summed E-state index contributed by atoms with van der Waals surface area (Å²) >= 11 is 0. The fourth-order valence-electron chi connectivity index (χ4n) is 2.78. The first-order chi connectivity index (χ1) is 11.7. The molecule has 1 fully saturated rings. The lowest BCUT2D eigenvalue weighted by atomic mass is 10.1. The lowest BCUT2D eigenvalue weighted by Gasteiger charge is -2.19. The number of nitrogens with zero attached hydrogens (tertiary/aromatic N) is 2. The molecule has 0 radical (unpaired) electrons. The van der Waals surface area contributed by atoms with E-state index in [0.717, 1.165) is 38.5 Å². The SMILES string of the molecule is CN=C(NCCCOC)NCc1ccccc1CN1CCCC1=O.I. The molecule has 1 aromatic carbocycles. The summed E-state index contributed by atoms with van der Waals surface area (Å²) in [5.74, 6) is 1.03. The molecule has 140 valence electrons. The van der Waals surface area contributed by atoms with Gasteiger partial charge < -0.3 is 20.3 Å². The second-order valence-corrected chi connectivity index (χ2v) is 5.89. The van der Waals surface area contributed by atoms with Crippen LogP contribution in [-0.4, -0.2) is 50.6 Å². The maximum atomic E-state index is 11.8. The maximum Gasteiger partial charge on any atom is 0.222 e. The van der Waals surface area contributed by atoms with Crippen LogP contribution in [-0.2, 0) is 22.6 Å². The molecule has 25 heavy (non-hydrogen) atoms. The molecular formula is C18H29IN4O2. The molecule has 1 aliphatic heterocycles. The minimum atomic E-state index is 0. The van der Waals surface area contributed by atoms with Crippen LogP contribution in [0.3, 0.4) is 0 Å². The molecule has 1 aliphatic rings. The van der Waals surface area contributed by atoms with Gasteiger partial charge in [-0.15, -0.1) is 24.0 Å². The predicted octanol–water partition coefficient (Wildman–Crippen LogP) is 2.13. The predicted molar refractivity (Wildman–Crippen MR) is 111 cm³/mol. The van der Waals surface area contributed by atoms with Gasteiger partial charge in [0.05, 0.1) is 0 Å². The lowest BCUT2D eigenvalue weighted by Crippen LogP contribution is -2.37. The number of guanidine groups is 1. The van der Waals surface area contributed by atoms with E-state index in [2.05, 4.69) is 27.8 Å². The van der Waals surface area contributed by atoms with Gasteiger partial charge in [0, 0.05) is 53.4 Å². The third-order valence-electron chi connectivity index (χ3n) is 4.14. The van der Waals surface area contributed by atoms with Crippen molar-refractivity contribution in [3.05, 3.63) is 35.4 Å². The van der Waals surface area contributed by atoms with Gasteiger partial charge in [-0.25, -0.2) is 0 Å². The van der Waals surface area contributed by atoms with Crippen molar-refractivity contribution in [1.29, 1.82) is 0 Å². The molecule has 0 bridgehead atoms. The van der Waals surface area contributed by atoms with Crippen molar-refractivity contribution in [2.45, 2.75) is 32.4 Å². The molecule has 0 aliphatic carbocycles. The second-order valence-electron chi connectivity index (χ2n) is 5.89. The Hall–Kier alpha value is -1.35. The Morgan fingerprint density at radius 2 is 2.04 bits per heavy atom. The molecule has 0 unspecified atom stereocenters. The lowest BCUT2D eigenvalue weighted by molar-refractivity contribution is -0.128. The topological polar surface area (TPSA) is 66.0 Å². The van der Waals surface area contributed by atoms with Gasteiger partial charge in [-0.3, -0.25) is 9.79 Å².